The van der Waals surface area contributed by atoms with Crippen molar-refractivity contribution in [2.75, 3.05) is 19.4 Å². The normalized spacial score (nSPS) is 15.3. The molecule has 0 aliphatic carbocycles. The summed E-state index contributed by atoms with van der Waals surface area (Å²) in [5, 5.41) is 10.7. The third-order valence-electron chi connectivity index (χ3n) is 2.17. The van der Waals surface area contributed by atoms with Gasteiger partial charge in [0.2, 0.25) is 0 Å². The molecule has 1 heterocycles. The van der Waals surface area contributed by atoms with E-state index >= 15 is 0 Å². The Hall–Kier alpha value is -1.01. The molecular weight excluding hydrogens is 304 g/mol. The maximum absolute atomic E-state index is 9.90. The minimum absolute atomic E-state index is 0.0862. The van der Waals surface area contributed by atoms with Gasteiger partial charge in [-0.05, 0) is 12.1 Å². The summed E-state index contributed by atoms with van der Waals surface area (Å²) in [5.74, 6) is 1.48. The second-order valence-corrected chi connectivity index (χ2v) is 5.29. The van der Waals surface area contributed by atoms with Crippen LogP contribution in [-0.4, -0.2) is 35.9 Å². The third kappa shape index (κ3) is 3.01. The van der Waals surface area contributed by atoms with Gasteiger partial charge < -0.3 is 9.84 Å². The Morgan fingerprint density at radius 3 is 3.06 bits per heavy atom. The van der Waals surface area contributed by atoms with E-state index in [9.17, 15) is 5.11 Å². The number of phenolic OH excluding ortho intramolecular Hbond substituents is 1. The number of hydrogen-bond donors (Lipinski definition) is 1. The molecule has 0 amide bonds. The predicted molar refractivity (Wildman–Crippen MR) is 74.7 cm³/mol. The molecule has 1 aromatic carbocycles. The van der Waals surface area contributed by atoms with E-state index in [1.807, 2.05) is 0 Å². The van der Waals surface area contributed by atoms with E-state index in [2.05, 4.69) is 25.9 Å². The number of aromatic hydroxyl groups is 1. The highest BCUT2D eigenvalue weighted by atomic mass is 79.9. The first-order chi connectivity index (χ1) is 8.20. The van der Waals surface area contributed by atoms with E-state index < -0.39 is 0 Å². The van der Waals surface area contributed by atoms with Gasteiger partial charge in [-0.2, -0.15) is 0 Å². The van der Waals surface area contributed by atoms with Crippen molar-refractivity contribution in [3.8, 4) is 11.5 Å². The molecule has 0 aromatic heterocycles. The summed E-state index contributed by atoms with van der Waals surface area (Å²) >= 11 is 4.96. The van der Waals surface area contributed by atoms with E-state index in [0.29, 0.717) is 11.3 Å². The molecule has 6 heteroatoms. The number of phenols is 1. The average Bonchev–Trinajstić information content (AvgIpc) is 2.82. The van der Waals surface area contributed by atoms with Gasteiger partial charge in [0.1, 0.15) is 0 Å². The highest BCUT2D eigenvalue weighted by Crippen LogP contribution is 2.32. The van der Waals surface area contributed by atoms with Gasteiger partial charge in [-0.25, -0.2) is 4.99 Å². The van der Waals surface area contributed by atoms with Gasteiger partial charge in [0.05, 0.1) is 13.7 Å². The van der Waals surface area contributed by atoms with Crippen LogP contribution in [0.1, 0.15) is 5.56 Å². The van der Waals surface area contributed by atoms with Crippen molar-refractivity contribution in [1.29, 1.82) is 0 Å². The predicted octanol–water partition coefficient (Wildman–Crippen LogP) is 2.69. The summed E-state index contributed by atoms with van der Waals surface area (Å²) in [5.41, 5.74) is 0.603. The van der Waals surface area contributed by atoms with Gasteiger partial charge >= 0.3 is 0 Å². The summed E-state index contributed by atoms with van der Waals surface area (Å²) in [6.45, 7) is 0.811. The van der Waals surface area contributed by atoms with Gasteiger partial charge in [0.25, 0.3) is 0 Å². The van der Waals surface area contributed by atoms with Crippen LogP contribution < -0.4 is 4.74 Å². The number of hydrogen-bond acceptors (Lipinski definition) is 5. The Labute approximate surface area is 112 Å². The molecule has 0 unspecified atom stereocenters. The monoisotopic (exact) mass is 314 g/mol. The molecule has 0 radical (unpaired) electrons. The lowest BCUT2D eigenvalue weighted by atomic mass is 10.2. The van der Waals surface area contributed by atoms with E-state index in [0.717, 1.165) is 21.9 Å². The standard InChI is InChI=1S/C11H11BrN2O2S/c1-16-9-5-8(12)4-7(10(9)15)6-14-11-13-2-3-17-11/h4-6,15H,2-3H2,1H3/b14-6+. The molecular formula is C11H11BrN2O2S. The minimum Gasteiger partial charge on any atom is -0.504 e. The van der Waals surface area contributed by atoms with Crippen molar-refractivity contribution < 1.29 is 9.84 Å². The van der Waals surface area contributed by atoms with Crippen LogP contribution in [0.5, 0.6) is 11.5 Å². The molecule has 0 bridgehead atoms. The maximum atomic E-state index is 9.90. The van der Waals surface area contributed by atoms with Crippen molar-refractivity contribution in [3.63, 3.8) is 0 Å². The zero-order valence-electron chi connectivity index (χ0n) is 9.18. The van der Waals surface area contributed by atoms with Crippen LogP contribution in [0.25, 0.3) is 0 Å². The molecule has 90 valence electrons. The fraction of sp³-hybridized carbons (Fsp3) is 0.273. The third-order valence-corrected chi connectivity index (χ3v) is 3.51. The maximum Gasteiger partial charge on any atom is 0.182 e. The van der Waals surface area contributed by atoms with Crippen LogP contribution in [0.15, 0.2) is 26.6 Å². The number of nitrogens with zero attached hydrogens (tertiary/aromatic N) is 2. The van der Waals surface area contributed by atoms with Gasteiger partial charge in [-0.3, -0.25) is 4.99 Å². The minimum atomic E-state index is 0.0862. The first-order valence-electron chi connectivity index (χ1n) is 4.98. The zero-order chi connectivity index (χ0) is 12.3. The number of benzene rings is 1. The zero-order valence-corrected chi connectivity index (χ0v) is 11.6. The number of halogens is 1. The molecule has 0 saturated carbocycles. The van der Waals surface area contributed by atoms with Crippen molar-refractivity contribution in [2.24, 2.45) is 9.98 Å². The number of thioether (sulfide) groups is 1. The number of methoxy groups -OCH3 is 1. The lowest BCUT2D eigenvalue weighted by molar-refractivity contribution is 0.373. The highest BCUT2D eigenvalue weighted by Gasteiger charge is 2.09. The quantitative estimate of drug-likeness (QED) is 0.854. The largest absolute Gasteiger partial charge is 0.504 e. The Balaban J connectivity index is 2.28. The van der Waals surface area contributed by atoms with Crippen molar-refractivity contribution >= 4 is 39.1 Å². The molecule has 0 atom stereocenters. The second-order valence-electron chi connectivity index (χ2n) is 3.32. The lowest BCUT2D eigenvalue weighted by Gasteiger charge is -2.06. The van der Waals surface area contributed by atoms with Crippen molar-refractivity contribution in [1.82, 2.24) is 0 Å². The molecule has 1 aromatic rings. The fourth-order valence-corrected chi connectivity index (χ4v) is 2.50. The summed E-state index contributed by atoms with van der Waals surface area (Å²) in [6.07, 6.45) is 1.60. The molecule has 0 spiro atoms. The summed E-state index contributed by atoms with van der Waals surface area (Å²) < 4.78 is 5.89. The van der Waals surface area contributed by atoms with Crippen LogP contribution in [0.4, 0.5) is 0 Å². The molecule has 1 N–H and O–H groups in total. The van der Waals surface area contributed by atoms with E-state index in [1.165, 1.54) is 7.11 Å². The summed E-state index contributed by atoms with van der Waals surface area (Å²) in [7, 11) is 1.51. The molecule has 0 saturated heterocycles. The molecule has 1 aliphatic heterocycles. The van der Waals surface area contributed by atoms with Gasteiger partial charge in [0.15, 0.2) is 16.7 Å². The molecule has 0 fully saturated rings. The first-order valence-corrected chi connectivity index (χ1v) is 6.76. The smallest absolute Gasteiger partial charge is 0.182 e. The van der Waals surface area contributed by atoms with Crippen LogP contribution in [0.3, 0.4) is 0 Å². The van der Waals surface area contributed by atoms with Crippen LogP contribution >= 0.6 is 27.7 Å². The van der Waals surface area contributed by atoms with E-state index in [4.69, 9.17) is 4.74 Å². The summed E-state index contributed by atoms with van der Waals surface area (Å²) in [4.78, 5) is 8.42. The average molecular weight is 315 g/mol. The number of aliphatic imine (C=N–C) groups is 2. The van der Waals surface area contributed by atoms with Crippen molar-refractivity contribution in [3.05, 3.63) is 22.2 Å². The van der Waals surface area contributed by atoms with Crippen LogP contribution in [0.2, 0.25) is 0 Å². The SMILES string of the molecule is COc1cc(Br)cc(/C=N/C2=NCCS2)c1O. The van der Waals surface area contributed by atoms with E-state index in [-0.39, 0.29) is 5.75 Å². The second kappa shape index (κ2) is 5.55. The Kier molecular flexibility index (Phi) is 4.06. The van der Waals surface area contributed by atoms with Crippen LogP contribution in [-0.2, 0) is 0 Å². The Morgan fingerprint density at radius 2 is 2.41 bits per heavy atom. The number of ether oxygens (including phenoxy) is 1. The topological polar surface area (TPSA) is 54.2 Å². The molecule has 1 aliphatic rings. The summed E-state index contributed by atoms with van der Waals surface area (Å²) in [6, 6.07) is 3.48. The molecule has 2 rings (SSSR count). The Bertz CT molecular complexity index is 489. The number of rotatable bonds is 2. The number of amidine groups is 1. The van der Waals surface area contributed by atoms with Crippen LogP contribution in [0, 0.1) is 0 Å². The highest BCUT2D eigenvalue weighted by molar-refractivity contribution is 9.10. The lowest BCUT2D eigenvalue weighted by Crippen LogP contribution is -1.91. The Morgan fingerprint density at radius 1 is 1.59 bits per heavy atom. The molecule has 4 nitrogen and oxygen atoms in total. The van der Waals surface area contributed by atoms with Gasteiger partial charge in [0, 0.05) is 22.0 Å². The molecule has 17 heavy (non-hydrogen) atoms. The van der Waals surface area contributed by atoms with Crippen molar-refractivity contribution in [2.45, 2.75) is 0 Å². The fourth-order valence-electron chi connectivity index (χ4n) is 1.38. The van der Waals surface area contributed by atoms with E-state index in [1.54, 1.807) is 30.1 Å². The first kappa shape index (κ1) is 12.4. The van der Waals surface area contributed by atoms with Gasteiger partial charge in [-0.1, -0.05) is 27.7 Å². The van der Waals surface area contributed by atoms with Gasteiger partial charge in [-0.15, -0.1) is 0 Å².